The van der Waals surface area contributed by atoms with Crippen LogP contribution in [0.1, 0.15) is 31.7 Å². The van der Waals surface area contributed by atoms with Gasteiger partial charge < -0.3 is 10.2 Å². The summed E-state index contributed by atoms with van der Waals surface area (Å²) >= 11 is 18.5. The van der Waals surface area contributed by atoms with E-state index >= 15 is 0 Å². The van der Waals surface area contributed by atoms with Crippen LogP contribution in [0.4, 0.5) is 11.4 Å². The van der Waals surface area contributed by atoms with Gasteiger partial charge in [0.05, 0.1) is 16.1 Å². The van der Waals surface area contributed by atoms with Gasteiger partial charge in [-0.25, -0.2) is 0 Å². The quantitative estimate of drug-likeness (QED) is 0.542. The zero-order valence-corrected chi connectivity index (χ0v) is 19.3. The lowest BCUT2D eigenvalue weighted by molar-refractivity contribution is -0.120. The van der Waals surface area contributed by atoms with E-state index in [4.69, 9.17) is 34.8 Å². The Bertz CT molecular complexity index is 926. The highest BCUT2D eigenvalue weighted by Crippen LogP contribution is 2.45. The van der Waals surface area contributed by atoms with Gasteiger partial charge in [0.1, 0.15) is 0 Å². The van der Waals surface area contributed by atoms with E-state index in [1.807, 2.05) is 25.1 Å². The minimum atomic E-state index is -0.572. The van der Waals surface area contributed by atoms with Gasteiger partial charge in [-0.1, -0.05) is 41.2 Å². The van der Waals surface area contributed by atoms with Crippen molar-refractivity contribution in [3.05, 3.63) is 57.0 Å². The molecular formula is C23H26Cl3N3O. The summed E-state index contributed by atoms with van der Waals surface area (Å²) in [6, 6.07) is 11.6. The molecule has 4 rings (SSSR count). The summed E-state index contributed by atoms with van der Waals surface area (Å²) in [6.45, 7) is 7.18. The number of amides is 1. The number of carbonyl (C=O) groups excluding carboxylic acids is 1. The Hall–Kier alpha value is -1.46. The van der Waals surface area contributed by atoms with Crippen LogP contribution in [-0.4, -0.2) is 43.5 Å². The topological polar surface area (TPSA) is 35.6 Å². The molecule has 160 valence electrons. The van der Waals surface area contributed by atoms with Gasteiger partial charge in [-0.3, -0.25) is 9.69 Å². The molecule has 0 bridgehead atoms. The van der Waals surface area contributed by atoms with Gasteiger partial charge in [0, 0.05) is 41.9 Å². The summed E-state index contributed by atoms with van der Waals surface area (Å²) in [5.74, 6) is 0.0123. The van der Waals surface area contributed by atoms with Crippen LogP contribution in [0, 0.1) is 0 Å². The molecule has 1 atom stereocenters. The molecule has 1 fully saturated rings. The Morgan fingerprint density at radius 3 is 2.37 bits per heavy atom. The molecule has 0 aromatic heterocycles. The molecule has 7 heteroatoms. The summed E-state index contributed by atoms with van der Waals surface area (Å²) < 4.78 is 0. The first-order valence-electron chi connectivity index (χ1n) is 10.4. The highest BCUT2D eigenvalue weighted by atomic mass is 35.5. The first-order chi connectivity index (χ1) is 14.4. The van der Waals surface area contributed by atoms with E-state index in [0.29, 0.717) is 15.7 Å². The van der Waals surface area contributed by atoms with Crippen LogP contribution in [0.25, 0.3) is 0 Å². The SMILES string of the molecule is CC1(CCCCN2CCN(c3ccc(Cl)cc3)CC2)C(=O)Nc2c(Cl)cc(Cl)cc21. The number of unbranched alkanes of at least 4 members (excludes halogenated alkanes) is 1. The molecule has 0 saturated carbocycles. The van der Waals surface area contributed by atoms with Crippen molar-refractivity contribution in [3.8, 4) is 0 Å². The molecule has 1 saturated heterocycles. The number of halogens is 3. The molecule has 4 nitrogen and oxygen atoms in total. The van der Waals surface area contributed by atoms with Gasteiger partial charge in [-0.2, -0.15) is 0 Å². The van der Waals surface area contributed by atoms with Gasteiger partial charge in [0.2, 0.25) is 5.91 Å². The summed E-state index contributed by atoms with van der Waals surface area (Å²) in [5, 5.41) is 4.79. The fraction of sp³-hybridized carbons (Fsp3) is 0.435. The second-order valence-corrected chi connectivity index (χ2v) is 9.64. The van der Waals surface area contributed by atoms with Crippen molar-refractivity contribution in [2.75, 3.05) is 42.9 Å². The molecule has 2 aromatic rings. The number of carbonyl (C=O) groups is 1. The number of rotatable bonds is 6. The average molecular weight is 467 g/mol. The zero-order chi connectivity index (χ0) is 21.3. The molecule has 1 N–H and O–H groups in total. The van der Waals surface area contributed by atoms with Crippen LogP contribution in [0.2, 0.25) is 15.1 Å². The van der Waals surface area contributed by atoms with Crippen molar-refractivity contribution in [1.82, 2.24) is 4.90 Å². The van der Waals surface area contributed by atoms with Gasteiger partial charge in [0.25, 0.3) is 0 Å². The van der Waals surface area contributed by atoms with Crippen molar-refractivity contribution in [2.24, 2.45) is 0 Å². The monoisotopic (exact) mass is 465 g/mol. The third-order valence-corrected chi connectivity index (χ3v) is 7.12. The van der Waals surface area contributed by atoms with Crippen molar-refractivity contribution in [2.45, 2.75) is 31.6 Å². The average Bonchev–Trinajstić information content (AvgIpc) is 2.98. The maximum Gasteiger partial charge on any atom is 0.234 e. The normalized spacial score (nSPS) is 21.6. The van der Waals surface area contributed by atoms with E-state index < -0.39 is 5.41 Å². The molecule has 2 aliphatic heterocycles. The lowest BCUT2D eigenvalue weighted by atomic mass is 9.79. The molecular weight excluding hydrogens is 441 g/mol. The lowest BCUT2D eigenvalue weighted by Gasteiger charge is -2.36. The minimum Gasteiger partial charge on any atom is -0.369 e. The molecule has 1 amide bonds. The number of hydrogen-bond donors (Lipinski definition) is 1. The van der Waals surface area contributed by atoms with Gasteiger partial charge >= 0.3 is 0 Å². The van der Waals surface area contributed by atoms with E-state index in [0.717, 1.165) is 62.6 Å². The van der Waals surface area contributed by atoms with Crippen LogP contribution < -0.4 is 10.2 Å². The van der Waals surface area contributed by atoms with E-state index in [-0.39, 0.29) is 5.91 Å². The first kappa shape index (κ1) is 21.8. The second-order valence-electron chi connectivity index (χ2n) is 8.36. The van der Waals surface area contributed by atoms with E-state index in [9.17, 15) is 4.79 Å². The lowest BCUT2D eigenvalue weighted by Crippen LogP contribution is -2.46. The van der Waals surface area contributed by atoms with Crippen LogP contribution >= 0.6 is 34.8 Å². The van der Waals surface area contributed by atoms with Gasteiger partial charge in [-0.05, 0) is 68.3 Å². The number of nitrogens with one attached hydrogen (secondary N) is 1. The van der Waals surface area contributed by atoms with Crippen molar-refractivity contribution in [3.63, 3.8) is 0 Å². The van der Waals surface area contributed by atoms with Gasteiger partial charge in [0.15, 0.2) is 0 Å². The van der Waals surface area contributed by atoms with E-state index in [1.54, 1.807) is 6.07 Å². The van der Waals surface area contributed by atoms with Crippen LogP contribution in [0.15, 0.2) is 36.4 Å². The molecule has 0 spiro atoms. The molecule has 0 aliphatic carbocycles. The smallest absolute Gasteiger partial charge is 0.234 e. The predicted octanol–water partition coefficient (Wildman–Crippen LogP) is 5.85. The fourth-order valence-electron chi connectivity index (χ4n) is 4.45. The largest absolute Gasteiger partial charge is 0.369 e. The number of benzene rings is 2. The molecule has 2 aliphatic rings. The van der Waals surface area contributed by atoms with Crippen molar-refractivity contribution < 1.29 is 4.79 Å². The maximum absolute atomic E-state index is 12.7. The Morgan fingerprint density at radius 1 is 0.967 bits per heavy atom. The summed E-state index contributed by atoms with van der Waals surface area (Å²) in [5.41, 5.74) is 2.29. The predicted molar refractivity (Wildman–Crippen MR) is 126 cm³/mol. The first-order valence-corrected chi connectivity index (χ1v) is 11.5. The van der Waals surface area contributed by atoms with E-state index in [1.165, 1.54) is 5.69 Å². The fourth-order valence-corrected chi connectivity index (χ4v) is 5.12. The van der Waals surface area contributed by atoms with Gasteiger partial charge in [-0.15, -0.1) is 0 Å². The zero-order valence-electron chi connectivity index (χ0n) is 17.1. The number of hydrogen-bond acceptors (Lipinski definition) is 3. The number of fused-ring (bicyclic) bond motifs is 1. The number of anilines is 2. The Labute approximate surface area is 193 Å². The van der Waals surface area contributed by atoms with Crippen LogP contribution in [-0.2, 0) is 10.2 Å². The highest BCUT2D eigenvalue weighted by Gasteiger charge is 2.43. The highest BCUT2D eigenvalue weighted by molar-refractivity contribution is 6.37. The number of nitrogens with zero attached hydrogens (tertiary/aromatic N) is 2. The summed E-state index contributed by atoms with van der Waals surface area (Å²) in [7, 11) is 0. The standard InChI is InChI=1S/C23H26Cl3N3O/c1-23(19-14-17(25)15-20(26)21(19)27-22(23)30)8-2-3-9-28-10-12-29(13-11-28)18-6-4-16(24)5-7-18/h4-7,14-15H,2-3,8-13H2,1H3,(H,27,30). The van der Waals surface area contributed by atoms with Crippen molar-refractivity contribution in [1.29, 1.82) is 0 Å². The van der Waals surface area contributed by atoms with Crippen LogP contribution in [0.5, 0.6) is 0 Å². The Balaban J connectivity index is 1.26. The molecule has 2 heterocycles. The Kier molecular flexibility index (Phi) is 6.50. The van der Waals surface area contributed by atoms with Crippen LogP contribution in [0.3, 0.4) is 0 Å². The summed E-state index contributed by atoms with van der Waals surface area (Å²) in [4.78, 5) is 17.6. The molecule has 30 heavy (non-hydrogen) atoms. The third kappa shape index (κ3) is 4.43. The second kappa shape index (κ2) is 8.96. The molecule has 0 radical (unpaired) electrons. The third-order valence-electron chi connectivity index (χ3n) is 6.35. The summed E-state index contributed by atoms with van der Waals surface area (Å²) in [6.07, 6.45) is 2.82. The van der Waals surface area contributed by atoms with E-state index in [2.05, 4.69) is 27.2 Å². The molecule has 1 unspecified atom stereocenters. The number of piperazine rings is 1. The Morgan fingerprint density at radius 2 is 1.67 bits per heavy atom. The minimum absolute atomic E-state index is 0.0123. The molecule has 2 aromatic carbocycles. The van der Waals surface area contributed by atoms with Crippen molar-refractivity contribution >= 4 is 52.1 Å². The maximum atomic E-state index is 12.7.